The van der Waals surface area contributed by atoms with Gasteiger partial charge in [-0.05, 0) is 91.2 Å². The van der Waals surface area contributed by atoms with Crippen LogP contribution in [0.4, 0.5) is 8.78 Å². The van der Waals surface area contributed by atoms with Gasteiger partial charge in [-0.15, -0.1) is 0 Å². The lowest BCUT2D eigenvalue weighted by Gasteiger charge is -2.12. The fourth-order valence-corrected chi connectivity index (χ4v) is 3.76. The molecule has 0 bridgehead atoms. The molecule has 5 heteroatoms. The van der Waals surface area contributed by atoms with Gasteiger partial charge in [0.25, 0.3) is 0 Å². The number of rotatable bonds is 6. The number of allylic oxidation sites excluding steroid dienone is 1. The van der Waals surface area contributed by atoms with Crippen LogP contribution in [0.2, 0.25) is 0 Å². The molecule has 0 aliphatic rings. The SMILES string of the molecule is Cc1cc(/C=C(/C#N)c2cccc(F)c2)c(C)n1-c1ccc(OCc2ccc(F)cc2)cc1. The molecule has 1 aromatic heterocycles. The standard InChI is InChI=1S/C28H22F2N2O/c1-19-14-23(15-24(17-31)22-4-3-5-26(30)16-22)20(2)32(19)27-10-12-28(13-11-27)33-18-21-6-8-25(29)9-7-21/h3-16H,18H2,1-2H3/b24-15-. The van der Waals surface area contributed by atoms with Crippen molar-refractivity contribution < 1.29 is 13.5 Å². The smallest absolute Gasteiger partial charge is 0.123 e. The van der Waals surface area contributed by atoms with Gasteiger partial charge in [0.15, 0.2) is 0 Å². The van der Waals surface area contributed by atoms with Gasteiger partial charge in [-0.25, -0.2) is 8.78 Å². The van der Waals surface area contributed by atoms with Crippen molar-refractivity contribution in [1.82, 2.24) is 4.57 Å². The molecule has 4 aromatic rings. The first-order valence-corrected chi connectivity index (χ1v) is 10.5. The van der Waals surface area contributed by atoms with Gasteiger partial charge in [0.1, 0.15) is 24.0 Å². The number of ether oxygens (including phenoxy) is 1. The largest absolute Gasteiger partial charge is 0.489 e. The summed E-state index contributed by atoms with van der Waals surface area (Å²) in [4.78, 5) is 0. The van der Waals surface area contributed by atoms with Gasteiger partial charge in [-0.3, -0.25) is 0 Å². The minimum absolute atomic E-state index is 0.271. The van der Waals surface area contributed by atoms with Crippen LogP contribution in [0.1, 0.15) is 28.1 Å². The molecule has 164 valence electrons. The second-order valence-electron chi connectivity index (χ2n) is 7.75. The van der Waals surface area contributed by atoms with Crippen molar-refractivity contribution in [3.63, 3.8) is 0 Å². The minimum atomic E-state index is -0.374. The Bertz CT molecular complexity index is 1340. The average Bonchev–Trinajstić information content (AvgIpc) is 3.10. The summed E-state index contributed by atoms with van der Waals surface area (Å²) in [6.07, 6.45) is 1.79. The van der Waals surface area contributed by atoms with Crippen molar-refractivity contribution in [3.05, 3.63) is 119 Å². The predicted octanol–water partition coefficient (Wildman–Crippen LogP) is 7.02. The van der Waals surface area contributed by atoms with E-state index >= 15 is 0 Å². The molecule has 0 aliphatic heterocycles. The van der Waals surface area contributed by atoms with E-state index in [0.29, 0.717) is 23.5 Å². The van der Waals surface area contributed by atoms with Crippen molar-refractivity contribution in [2.24, 2.45) is 0 Å². The molecule has 4 rings (SSSR count). The molecule has 0 amide bonds. The Hall–Kier alpha value is -4.17. The van der Waals surface area contributed by atoms with Crippen LogP contribution in [0.15, 0.2) is 78.9 Å². The average molecular weight is 440 g/mol. The number of aryl methyl sites for hydroxylation is 1. The highest BCUT2D eigenvalue weighted by molar-refractivity contribution is 5.90. The third-order valence-corrected chi connectivity index (χ3v) is 5.44. The molecule has 3 aromatic carbocycles. The zero-order valence-corrected chi connectivity index (χ0v) is 18.3. The zero-order chi connectivity index (χ0) is 23.4. The highest BCUT2D eigenvalue weighted by Gasteiger charge is 2.11. The van der Waals surface area contributed by atoms with Crippen LogP contribution in [0, 0.1) is 36.8 Å². The highest BCUT2D eigenvalue weighted by atomic mass is 19.1. The van der Waals surface area contributed by atoms with E-state index in [4.69, 9.17) is 4.74 Å². The van der Waals surface area contributed by atoms with E-state index in [1.165, 1.54) is 24.3 Å². The Morgan fingerprint density at radius 3 is 2.33 bits per heavy atom. The third-order valence-electron chi connectivity index (χ3n) is 5.44. The van der Waals surface area contributed by atoms with Gasteiger partial charge in [-0.1, -0.05) is 24.3 Å². The zero-order valence-electron chi connectivity index (χ0n) is 18.3. The quantitative estimate of drug-likeness (QED) is 0.302. The summed E-state index contributed by atoms with van der Waals surface area (Å²) in [6, 6.07) is 24.2. The minimum Gasteiger partial charge on any atom is -0.489 e. The van der Waals surface area contributed by atoms with Gasteiger partial charge >= 0.3 is 0 Å². The van der Waals surface area contributed by atoms with E-state index in [1.807, 2.05) is 44.2 Å². The Labute approximate surface area is 191 Å². The lowest BCUT2D eigenvalue weighted by Crippen LogP contribution is -2.00. The Kier molecular flexibility index (Phi) is 6.37. The summed E-state index contributed by atoms with van der Waals surface area (Å²) in [5.41, 5.74) is 5.67. The maximum Gasteiger partial charge on any atom is 0.123 e. The lowest BCUT2D eigenvalue weighted by atomic mass is 10.0. The Morgan fingerprint density at radius 2 is 1.67 bits per heavy atom. The van der Waals surface area contributed by atoms with Crippen LogP contribution >= 0.6 is 0 Å². The first-order valence-electron chi connectivity index (χ1n) is 10.5. The molecule has 0 unspecified atom stereocenters. The highest BCUT2D eigenvalue weighted by Crippen LogP contribution is 2.27. The van der Waals surface area contributed by atoms with Crippen molar-refractivity contribution in [2.75, 3.05) is 0 Å². The van der Waals surface area contributed by atoms with E-state index < -0.39 is 0 Å². The Balaban J connectivity index is 1.56. The second kappa shape index (κ2) is 9.54. The molecule has 0 spiro atoms. The summed E-state index contributed by atoms with van der Waals surface area (Å²) in [7, 11) is 0. The van der Waals surface area contributed by atoms with E-state index in [2.05, 4.69) is 10.6 Å². The number of nitriles is 1. The van der Waals surface area contributed by atoms with Gasteiger partial charge in [-0.2, -0.15) is 5.26 Å². The summed E-state index contributed by atoms with van der Waals surface area (Å²) >= 11 is 0. The number of halogens is 2. The molecular weight excluding hydrogens is 418 g/mol. The molecule has 3 nitrogen and oxygen atoms in total. The summed E-state index contributed by atoms with van der Waals surface area (Å²) < 4.78 is 34.5. The van der Waals surface area contributed by atoms with Crippen LogP contribution in [-0.2, 0) is 6.61 Å². The fourth-order valence-electron chi connectivity index (χ4n) is 3.76. The monoisotopic (exact) mass is 440 g/mol. The van der Waals surface area contributed by atoms with Crippen LogP contribution in [-0.4, -0.2) is 4.57 Å². The third kappa shape index (κ3) is 5.02. The molecule has 0 saturated heterocycles. The van der Waals surface area contributed by atoms with Gasteiger partial charge < -0.3 is 9.30 Å². The molecule has 1 heterocycles. The molecule has 0 fully saturated rings. The van der Waals surface area contributed by atoms with Crippen LogP contribution in [0.3, 0.4) is 0 Å². The van der Waals surface area contributed by atoms with E-state index in [1.54, 1.807) is 30.3 Å². The fraction of sp³-hybridized carbons (Fsp3) is 0.107. The number of aromatic nitrogens is 1. The molecule has 33 heavy (non-hydrogen) atoms. The topological polar surface area (TPSA) is 38.0 Å². The van der Waals surface area contributed by atoms with Gasteiger partial charge in [0, 0.05) is 17.1 Å². The van der Waals surface area contributed by atoms with Crippen molar-refractivity contribution in [3.8, 4) is 17.5 Å². The first-order chi connectivity index (χ1) is 15.9. The number of hydrogen-bond donors (Lipinski definition) is 0. The van der Waals surface area contributed by atoms with Crippen molar-refractivity contribution in [2.45, 2.75) is 20.5 Å². The Morgan fingerprint density at radius 1 is 0.939 bits per heavy atom. The molecule has 0 aliphatic carbocycles. The molecule has 0 atom stereocenters. The second-order valence-corrected chi connectivity index (χ2v) is 7.75. The van der Waals surface area contributed by atoms with Crippen LogP contribution < -0.4 is 4.74 Å². The van der Waals surface area contributed by atoms with E-state index in [9.17, 15) is 14.0 Å². The normalized spacial score (nSPS) is 11.3. The van der Waals surface area contributed by atoms with E-state index in [0.717, 1.165) is 28.2 Å². The van der Waals surface area contributed by atoms with Gasteiger partial charge in [0.05, 0.1) is 11.6 Å². The molecule has 0 saturated carbocycles. The summed E-state index contributed by atoms with van der Waals surface area (Å²) in [5, 5.41) is 9.61. The van der Waals surface area contributed by atoms with Gasteiger partial charge in [0.2, 0.25) is 0 Å². The van der Waals surface area contributed by atoms with Crippen LogP contribution in [0.25, 0.3) is 17.3 Å². The predicted molar refractivity (Wildman–Crippen MR) is 126 cm³/mol. The molecule has 0 N–H and O–H groups in total. The van der Waals surface area contributed by atoms with Crippen LogP contribution in [0.5, 0.6) is 5.75 Å². The van der Waals surface area contributed by atoms with Crippen molar-refractivity contribution >= 4 is 11.6 Å². The lowest BCUT2D eigenvalue weighted by molar-refractivity contribution is 0.306. The van der Waals surface area contributed by atoms with Crippen molar-refractivity contribution in [1.29, 1.82) is 5.26 Å². The summed E-state index contributed by atoms with van der Waals surface area (Å²) in [6.45, 7) is 4.34. The maximum atomic E-state index is 13.6. The maximum absolute atomic E-state index is 13.6. The number of nitrogens with zero attached hydrogens (tertiary/aromatic N) is 2. The number of benzene rings is 3. The van der Waals surface area contributed by atoms with E-state index in [-0.39, 0.29) is 11.6 Å². The number of hydrogen-bond acceptors (Lipinski definition) is 2. The first kappa shape index (κ1) is 22.0. The summed E-state index contributed by atoms with van der Waals surface area (Å²) in [5.74, 6) is 0.0667. The molecule has 0 radical (unpaired) electrons. The molecular formula is C28H22F2N2O.